The number of pyridine rings is 1. The smallest absolute Gasteiger partial charge is 0.326 e. The molecule has 8 nitrogen and oxygen atoms in total. The molecule has 0 bridgehead atoms. The Balaban J connectivity index is 2.24. The second-order valence-electron chi connectivity index (χ2n) is 4.81. The van der Waals surface area contributed by atoms with Crippen molar-refractivity contribution in [3.63, 3.8) is 0 Å². The molecule has 0 aliphatic carbocycles. The van der Waals surface area contributed by atoms with Gasteiger partial charge in [-0.2, -0.15) is 0 Å². The van der Waals surface area contributed by atoms with Crippen LogP contribution in [-0.4, -0.2) is 43.0 Å². The van der Waals surface area contributed by atoms with Gasteiger partial charge in [0.15, 0.2) is 5.65 Å². The third kappa shape index (κ3) is 2.58. The zero-order valence-electron chi connectivity index (χ0n) is 11.4. The normalized spacial score (nSPS) is 12.6. The lowest BCUT2D eigenvalue weighted by Gasteiger charge is -2.17. The molecule has 2 rings (SSSR count). The molecule has 0 unspecified atom stereocenters. The van der Waals surface area contributed by atoms with E-state index in [1.165, 1.54) is 16.9 Å². The zero-order valence-corrected chi connectivity index (χ0v) is 11.4. The first-order valence-electron chi connectivity index (χ1n) is 6.09. The van der Waals surface area contributed by atoms with Crippen molar-refractivity contribution in [1.82, 2.24) is 25.3 Å². The lowest BCUT2D eigenvalue weighted by molar-refractivity contribution is -0.140. The maximum Gasteiger partial charge on any atom is 0.326 e. The molecule has 2 N–H and O–H groups in total. The van der Waals surface area contributed by atoms with E-state index in [9.17, 15) is 9.59 Å². The van der Waals surface area contributed by atoms with Gasteiger partial charge in [-0.3, -0.25) is 4.79 Å². The van der Waals surface area contributed by atoms with Gasteiger partial charge < -0.3 is 10.4 Å². The van der Waals surface area contributed by atoms with Gasteiger partial charge >= 0.3 is 5.97 Å². The largest absolute Gasteiger partial charge is 0.480 e. The third-order valence-corrected chi connectivity index (χ3v) is 2.92. The molecule has 106 valence electrons. The lowest BCUT2D eigenvalue weighted by atomic mass is 10.0. The van der Waals surface area contributed by atoms with Crippen LogP contribution in [-0.2, 0) is 11.8 Å². The van der Waals surface area contributed by atoms with Gasteiger partial charge in [0.05, 0.1) is 5.56 Å². The van der Waals surface area contributed by atoms with Crippen molar-refractivity contribution in [2.24, 2.45) is 13.0 Å². The number of aliphatic carboxylic acids is 1. The quantitative estimate of drug-likeness (QED) is 0.826. The minimum atomic E-state index is -1.07. The molecule has 0 aliphatic heterocycles. The summed E-state index contributed by atoms with van der Waals surface area (Å²) in [4.78, 5) is 27.2. The number of carboxylic acid groups (broad SMARTS) is 1. The van der Waals surface area contributed by atoms with Crippen LogP contribution in [0.5, 0.6) is 0 Å². The molecule has 1 amide bonds. The molecule has 0 aromatic carbocycles. The number of fused-ring (bicyclic) bond motifs is 1. The fraction of sp³-hybridized carbons (Fsp3) is 0.417. The van der Waals surface area contributed by atoms with E-state index in [0.29, 0.717) is 11.2 Å². The maximum absolute atomic E-state index is 12.0. The van der Waals surface area contributed by atoms with Gasteiger partial charge in [-0.1, -0.05) is 19.1 Å². The number of carbonyl (C=O) groups is 2. The van der Waals surface area contributed by atoms with Gasteiger partial charge in [0.25, 0.3) is 5.91 Å². The van der Waals surface area contributed by atoms with Gasteiger partial charge in [0.1, 0.15) is 11.6 Å². The highest BCUT2D eigenvalue weighted by atomic mass is 16.4. The van der Waals surface area contributed by atoms with E-state index in [2.05, 4.69) is 20.6 Å². The molecule has 0 radical (unpaired) electrons. The summed E-state index contributed by atoms with van der Waals surface area (Å²) < 4.78 is 1.49. The van der Waals surface area contributed by atoms with Crippen LogP contribution >= 0.6 is 0 Å². The number of hydrogen-bond acceptors (Lipinski definition) is 5. The highest BCUT2D eigenvalue weighted by Gasteiger charge is 2.24. The van der Waals surface area contributed by atoms with Crippen molar-refractivity contribution < 1.29 is 14.7 Å². The summed E-state index contributed by atoms with van der Waals surface area (Å²) in [5, 5.41) is 19.2. The minimum absolute atomic E-state index is 0.218. The van der Waals surface area contributed by atoms with Crippen LogP contribution in [0, 0.1) is 5.92 Å². The van der Waals surface area contributed by atoms with Crippen molar-refractivity contribution in [1.29, 1.82) is 0 Å². The van der Waals surface area contributed by atoms with E-state index >= 15 is 0 Å². The molecule has 2 heterocycles. The molecule has 8 heteroatoms. The summed E-state index contributed by atoms with van der Waals surface area (Å²) in [7, 11) is 1.70. The Labute approximate surface area is 114 Å². The Morgan fingerprint density at radius 3 is 2.70 bits per heavy atom. The molecule has 0 spiro atoms. The molecular weight excluding hydrogens is 262 g/mol. The maximum atomic E-state index is 12.0. The molecule has 1 atom stereocenters. The first-order valence-corrected chi connectivity index (χ1v) is 6.09. The standard InChI is InChI=1S/C12H15N5O3/c1-6(2)9(12(19)20)14-11(18)7-4-8-10(13-5-7)17(3)16-15-8/h4-6,9H,1-3H3,(H,14,18)(H,19,20)/t9-/m1/s1. The number of nitrogens with one attached hydrogen (secondary N) is 1. The Morgan fingerprint density at radius 1 is 1.40 bits per heavy atom. The van der Waals surface area contributed by atoms with E-state index in [1.807, 2.05) is 0 Å². The molecule has 2 aromatic rings. The first kappa shape index (κ1) is 13.9. The Kier molecular flexibility index (Phi) is 3.64. The van der Waals surface area contributed by atoms with Crippen molar-refractivity contribution in [3.05, 3.63) is 17.8 Å². The predicted molar refractivity (Wildman–Crippen MR) is 70.0 cm³/mol. The summed E-state index contributed by atoms with van der Waals surface area (Å²) in [6.07, 6.45) is 1.38. The SMILES string of the molecule is CC(C)[C@@H](NC(=O)c1cnc2c(c1)nnn2C)C(=O)O. The highest BCUT2D eigenvalue weighted by molar-refractivity contribution is 5.98. The van der Waals surface area contributed by atoms with Crippen LogP contribution in [0.2, 0.25) is 0 Å². The number of nitrogens with zero attached hydrogens (tertiary/aromatic N) is 4. The number of hydrogen-bond donors (Lipinski definition) is 2. The van der Waals surface area contributed by atoms with E-state index in [4.69, 9.17) is 5.11 Å². The predicted octanol–water partition coefficient (Wildman–Crippen LogP) is 0.202. The summed E-state index contributed by atoms with van der Waals surface area (Å²) in [6.45, 7) is 3.45. The van der Waals surface area contributed by atoms with Crippen LogP contribution in [0.15, 0.2) is 12.3 Å². The van der Waals surface area contributed by atoms with Crippen molar-refractivity contribution >= 4 is 23.0 Å². The van der Waals surface area contributed by atoms with Crippen LogP contribution in [0.3, 0.4) is 0 Å². The third-order valence-electron chi connectivity index (χ3n) is 2.92. The van der Waals surface area contributed by atoms with Crippen molar-refractivity contribution in [2.75, 3.05) is 0 Å². The van der Waals surface area contributed by atoms with E-state index in [0.717, 1.165) is 0 Å². The number of carboxylic acids is 1. The molecule has 0 saturated heterocycles. The zero-order chi connectivity index (χ0) is 14.9. The average Bonchev–Trinajstić information content (AvgIpc) is 2.76. The fourth-order valence-electron chi connectivity index (χ4n) is 1.79. The van der Waals surface area contributed by atoms with Crippen molar-refractivity contribution in [3.8, 4) is 0 Å². The second kappa shape index (κ2) is 5.24. The minimum Gasteiger partial charge on any atom is -0.480 e. The highest BCUT2D eigenvalue weighted by Crippen LogP contribution is 2.10. The number of carbonyl (C=O) groups excluding carboxylic acids is 1. The monoisotopic (exact) mass is 277 g/mol. The molecule has 0 saturated carbocycles. The van der Waals surface area contributed by atoms with Gasteiger partial charge in [-0.15, -0.1) is 5.10 Å². The van der Waals surface area contributed by atoms with Gasteiger partial charge in [-0.05, 0) is 12.0 Å². The molecule has 0 aliphatic rings. The van der Waals surface area contributed by atoms with Crippen LogP contribution in [0.1, 0.15) is 24.2 Å². The molecular formula is C12H15N5O3. The summed E-state index contributed by atoms with van der Waals surface area (Å²) >= 11 is 0. The Bertz CT molecular complexity index is 664. The average molecular weight is 277 g/mol. The molecule has 0 fully saturated rings. The summed E-state index contributed by atoms with van der Waals surface area (Å²) in [5.41, 5.74) is 1.29. The van der Waals surface area contributed by atoms with Crippen LogP contribution in [0.25, 0.3) is 11.2 Å². The van der Waals surface area contributed by atoms with Crippen LogP contribution in [0.4, 0.5) is 0 Å². The number of aryl methyl sites for hydroxylation is 1. The van der Waals surface area contributed by atoms with Gasteiger partial charge in [0, 0.05) is 13.2 Å². The number of rotatable bonds is 4. The number of amides is 1. The fourth-order valence-corrected chi connectivity index (χ4v) is 1.79. The molecule has 20 heavy (non-hydrogen) atoms. The summed E-state index contributed by atoms with van der Waals surface area (Å²) in [5.74, 6) is -1.78. The Hall–Kier alpha value is -2.51. The van der Waals surface area contributed by atoms with E-state index in [-0.39, 0.29) is 11.5 Å². The van der Waals surface area contributed by atoms with Gasteiger partial charge in [0.2, 0.25) is 0 Å². The first-order chi connectivity index (χ1) is 9.40. The van der Waals surface area contributed by atoms with Gasteiger partial charge in [-0.25, -0.2) is 14.5 Å². The second-order valence-corrected chi connectivity index (χ2v) is 4.81. The topological polar surface area (TPSA) is 110 Å². The Morgan fingerprint density at radius 2 is 2.10 bits per heavy atom. The van der Waals surface area contributed by atoms with E-state index in [1.54, 1.807) is 20.9 Å². The van der Waals surface area contributed by atoms with Crippen molar-refractivity contribution in [2.45, 2.75) is 19.9 Å². The van der Waals surface area contributed by atoms with E-state index < -0.39 is 17.9 Å². The number of aromatic nitrogens is 4. The van der Waals surface area contributed by atoms with Crippen LogP contribution < -0.4 is 5.32 Å². The lowest BCUT2D eigenvalue weighted by Crippen LogP contribution is -2.44. The molecule has 2 aromatic heterocycles. The summed E-state index contributed by atoms with van der Waals surface area (Å²) in [6, 6.07) is 0.587.